The molecule has 0 fully saturated rings. The van der Waals surface area contributed by atoms with Crippen LogP contribution in [0.2, 0.25) is 0 Å². The molecule has 0 N–H and O–H groups in total. The summed E-state index contributed by atoms with van der Waals surface area (Å²) in [6.07, 6.45) is 0. The highest BCUT2D eigenvalue weighted by atomic mass is 32.2. The molecule has 7 heteroatoms. The Balaban J connectivity index is 1.13. The van der Waals surface area contributed by atoms with Gasteiger partial charge in [-0.1, -0.05) is 17.7 Å². The SMILES string of the molecule is COc1ccc(S(=O)Oc2ccc(Oc3ccc(Oc4ccc(Oc5ccc(C)cc5)cc4)cc3)cc2)cc1. The van der Waals surface area contributed by atoms with Gasteiger partial charge in [0.25, 0.3) is 0 Å². The lowest BCUT2D eigenvalue weighted by atomic mass is 10.2. The highest BCUT2D eigenvalue weighted by Crippen LogP contribution is 2.30. The van der Waals surface area contributed by atoms with E-state index in [1.165, 1.54) is 5.56 Å². The number of rotatable bonds is 10. The number of methoxy groups -OCH3 is 1. The van der Waals surface area contributed by atoms with Crippen LogP contribution in [0.25, 0.3) is 0 Å². The van der Waals surface area contributed by atoms with Crippen LogP contribution in [0.4, 0.5) is 0 Å². The van der Waals surface area contributed by atoms with Crippen molar-refractivity contribution in [2.75, 3.05) is 7.11 Å². The standard InChI is InChI=1S/C32H26O6S/c1-23-3-5-25(6-4-23)35-26-7-9-27(10-8-26)36-28-11-13-29(14-12-28)37-30-15-17-31(18-16-30)38-39(33)32-21-19-24(34-2)20-22-32/h3-22H,1-2H3. The Morgan fingerprint density at radius 3 is 1.10 bits per heavy atom. The molecule has 0 amide bonds. The second-order valence-corrected chi connectivity index (χ2v) is 9.63. The number of hydrogen-bond donors (Lipinski definition) is 0. The average Bonchev–Trinajstić information content (AvgIpc) is 2.97. The smallest absolute Gasteiger partial charge is 0.240 e. The van der Waals surface area contributed by atoms with Gasteiger partial charge >= 0.3 is 0 Å². The molecule has 1 atom stereocenters. The van der Waals surface area contributed by atoms with Crippen molar-refractivity contribution in [3.63, 3.8) is 0 Å². The molecule has 6 nitrogen and oxygen atoms in total. The van der Waals surface area contributed by atoms with Crippen molar-refractivity contribution in [2.45, 2.75) is 11.8 Å². The van der Waals surface area contributed by atoms with Crippen LogP contribution >= 0.6 is 0 Å². The second kappa shape index (κ2) is 12.2. The molecule has 0 radical (unpaired) electrons. The molecule has 0 aromatic heterocycles. The Hall–Kier alpha value is -4.75. The van der Waals surface area contributed by atoms with E-state index in [0.717, 1.165) is 11.5 Å². The Morgan fingerprint density at radius 1 is 0.436 bits per heavy atom. The van der Waals surface area contributed by atoms with Gasteiger partial charge in [0.2, 0.25) is 11.1 Å². The predicted octanol–water partition coefficient (Wildman–Crippen LogP) is 8.48. The lowest BCUT2D eigenvalue weighted by Crippen LogP contribution is -2.01. The van der Waals surface area contributed by atoms with Gasteiger partial charge in [-0.2, -0.15) is 0 Å². The number of benzene rings is 5. The van der Waals surface area contributed by atoms with Crippen LogP contribution in [0.3, 0.4) is 0 Å². The number of hydrogen-bond acceptors (Lipinski definition) is 6. The van der Waals surface area contributed by atoms with Crippen LogP contribution < -0.4 is 23.1 Å². The van der Waals surface area contributed by atoms with E-state index in [0.29, 0.717) is 39.4 Å². The lowest BCUT2D eigenvalue weighted by Gasteiger charge is -2.10. The Kier molecular flexibility index (Phi) is 8.09. The van der Waals surface area contributed by atoms with E-state index in [1.807, 2.05) is 79.7 Å². The summed E-state index contributed by atoms with van der Waals surface area (Å²) in [4.78, 5) is 0.546. The predicted molar refractivity (Wildman–Crippen MR) is 151 cm³/mol. The summed E-state index contributed by atoms with van der Waals surface area (Å²) in [5.41, 5.74) is 1.19. The first kappa shape index (κ1) is 25.9. The van der Waals surface area contributed by atoms with Gasteiger partial charge in [-0.25, -0.2) is 4.21 Å². The first-order valence-electron chi connectivity index (χ1n) is 12.2. The van der Waals surface area contributed by atoms with Gasteiger partial charge in [0, 0.05) is 0 Å². The third-order valence-electron chi connectivity index (χ3n) is 5.62. The zero-order chi connectivity index (χ0) is 27.0. The highest BCUT2D eigenvalue weighted by molar-refractivity contribution is 7.80. The molecule has 0 saturated heterocycles. The minimum atomic E-state index is -1.64. The van der Waals surface area contributed by atoms with Gasteiger partial charge in [-0.15, -0.1) is 0 Å². The van der Waals surface area contributed by atoms with Gasteiger partial charge in [0.1, 0.15) is 46.0 Å². The maximum Gasteiger partial charge on any atom is 0.240 e. The van der Waals surface area contributed by atoms with Crippen LogP contribution in [0.1, 0.15) is 5.56 Å². The monoisotopic (exact) mass is 538 g/mol. The van der Waals surface area contributed by atoms with Crippen molar-refractivity contribution in [3.05, 3.63) is 127 Å². The Bertz CT molecular complexity index is 1510. The van der Waals surface area contributed by atoms with Crippen LogP contribution in [0, 0.1) is 6.92 Å². The third-order valence-corrected chi connectivity index (χ3v) is 6.62. The molecule has 0 aliphatic heterocycles. The maximum atomic E-state index is 12.5. The summed E-state index contributed by atoms with van der Waals surface area (Å²) in [6, 6.07) is 36.5. The molecule has 1 unspecified atom stereocenters. The number of ether oxygens (including phenoxy) is 4. The molecule has 5 rings (SSSR count). The summed E-state index contributed by atoms with van der Waals surface area (Å²) in [5.74, 6) is 5.33. The summed E-state index contributed by atoms with van der Waals surface area (Å²) < 4.78 is 40.8. The summed E-state index contributed by atoms with van der Waals surface area (Å²) in [5, 5.41) is 0. The molecule has 196 valence electrons. The van der Waals surface area contributed by atoms with Crippen molar-refractivity contribution < 1.29 is 27.3 Å². The molecule has 0 heterocycles. The zero-order valence-corrected chi connectivity index (χ0v) is 22.2. The largest absolute Gasteiger partial charge is 0.497 e. The van der Waals surface area contributed by atoms with E-state index in [4.69, 9.17) is 23.1 Å². The lowest BCUT2D eigenvalue weighted by molar-refractivity contribution is 0.414. The third kappa shape index (κ3) is 7.18. The van der Waals surface area contributed by atoms with Gasteiger partial charge in [0.15, 0.2) is 0 Å². The molecule has 0 saturated carbocycles. The van der Waals surface area contributed by atoms with E-state index in [9.17, 15) is 4.21 Å². The van der Waals surface area contributed by atoms with E-state index < -0.39 is 11.1 Å². The Labute approximate surface area is 230 Å². The van der Waals surface area contributed by atoms with E-state index >= 15 is 0 Å². The Morgan fingerprint density at radius 2 is 0.744 bits per heavy atom. The molecule has 5 aromatic rings. The van der Waals surface area contributed by atoms with Crippen molar-refractivity contribution in [1.82, 2.24) is 0 Å². The summed E-state index contributed by atoms with van der Waals surface area (Å²) in [6.45, 7) is 2.04. The summed E-state index contributed by atoms with van der Waals surface area (Å²) in [7, 11) is 1.58. The fourth-order valence-corrected chi connectivity index (χ4v) is 4.29. The molecule has 39 heavy (non-hydrogen) atoms. The average molecular weight is 539 g/mol. The molecular formula is C32H26O6S. The van der Waals surface area contributed by atoms with Crippen LogP contribution in [-0.2, 0) is 11.1 Å². The fraction of sp³-hybridized carbons (Fsp3) is 0.0625. The van der Waals surface area contributed by atoms with Crippen molar-refractivity contribution in [1.29, 1.82) is 0 Å². The molecule has 0 aliphatic carbocycles. The minimum Gasteiger partial charge on any atom is -0.497 e. The fourth-order valence-electron chi connectivity index (χ4n) is 3.55. The number of aryl methyl sites for hydroxylation is 1. The van der Waals surface area contributed by atoms with Crippen molar-refractivity contribution in [2.24, 2.45) is 0 Å². The first-order chi connectivity index (χ1) is 19.0. The van der Waals surface area contributed by atoms with Crippen LogP contribution in [-0.4, -0.2) is 11.3 Å². The minimum absolute atomic E-state index is 0.468. The molecule has 0 spiro atoms. The molecular weight excluding hydrogens is 512 g/mol. The highest BCUT2D eigenvalue weighted by Gasteiger charge is 2.08. The normalized spacial score (nSPS) is 11.3. The van der Waals surface area contributed by atoms with Gasteiger partial charge in [-0.3, -0.25) is 0 Å². The van der Waals surface area contributed by atoms with Crippen molar-refractivity contribution in [3.8, 4) is 46.0 Å². The second-order valence-electron chi connectivity index (χ2n) is 8.53. The van der Waals surface area contributed by atoms with E-state index in [2.05, 4.69) is 0 Å². The molecule has 0 bridgehead atoms. The summed E-state index contributed by atoms with van der Waals surface area (Å²) >= 11 is -1.64. The zero-order valence-electron chi connectivity index (χ0n) is 21.4. The first-order valence-corrected chi connectivity index (χ1v) is 13.3. The van der Waals surface area contributed by atoms with Crippen LogP contribution in [0.15, 0.2) is 126 Å². The maximum absolute atomic E-state index is 12.5. The van der Waals surface area contributed by atoms with E-state index in [1.54, 1.807) is 55.6 Å². The van der Waals surface area contributed by atoms with E-state index in [-0.39, 0.29) is 0 Å². The van der Waals surface area contributed by atoms with Crippen molar-refractivity contribution >= 4 is 11.1 Å². The molecule has 0 aliphatic rings. The van der Waals surface area contributed by atoms with Gasteiger partial charge < -0.3 is 23.1 Å². The quantitative estimate of drug-likeness (QED) is 0.178. The van der Waals surface area contributed by atoms with Gasteiger partial charge in [-0.05, 0) is 116 Å². The molecule has 5 aromatic carbocycles. The van der Waals surface area contributed by atoms with Crippen LogP contribution in [0.5, 0.6) is 46.0 Å². The topological polar surface area (TPSA) is 63.2 Å². The van der Waals surface area contributed by atoms with Gasteiger partial charge in [0.05, 0.1) is 12.0 Å².